The van der Waals surface area contributed by atoms with E-state index in [0.717, 1.165) is 27.0 Å². The van der Waals surface area contributed by atoms with Gasteiger partial charge in [-0.1, -0.05) is 18.2 Å². The van der Waals surface area contributed by atoms with Crippen molar-refractivity contribution in [1.29, 1.82) is 0 Å². The summed E-state index contributed by atoms with van der Waals surface area (Å²) >= 11 is 1.49. The van der Waals surface area contributed by atoms with Crippen molar-refractivity contribution in [1.82, 2.24) is 9.97 Å². The van der Waals surface area contributed by atoms with Crippen LogP contribution in [0.4, 0.5) is 17.2 Å². The van der Waals surface area contributed by atoms with Crippen LogP contribution in [0.15, 0.2) is 54.2 Å². The van der Waals surface area contributed by atoms with Crippen LogP contribution in [0.2, 0.25) is 0 Å². The largest absolute Gasteiger partial charge is 0.340 e. The Morgan fingerprint density at radius 1 is 1.07 bits per heavy atom. The number of nitrogens with one attached hydrogen (secondary N) is 1. The summed E-state index contributed by atoms with van der Waals surface area (Å²) in [5.41, 5.74) is 5.07. The van der Waals surface area contributed by atoms with Gasteiger partial charge in [0.05, 0.1) is 10.3 Å². The fourth-order valence-electron chi connectivity index (χ4n) is 2.93. The molecular weight excluding hydrogens is 360 g/mol. The van der Waals surface area contributed by atoms with E-state index in [1.807, 2.05) is 17.5 Å². The number of nitro groups is 1. The molecule has 27 heavy (non-hydrogen) atoms. The Morgan fingerprint density at radius 2 is 1.93 bits per heavy atom. The van der Waals surface area contributed by atoms with Crippen LogP contribution in [-0.2, 0) is 0 Å². The van der Waals surface area contributed by atoms with Crippen molar-refractivity contribution in [3.63, 3.8) is 0 Å². The molecule has 0 radical (unpaired) electrons. The summed E-state index contributed by atoms with van der Waals surface area (Å²) in [5.74, 6) is 0.686. The minimum absolute atomic E-state index is 0.0624. The molecule has 4 rings (SSSR count). The number of anilines is 2. The molecule has 0 aliphatic carbocycles. The zero-order valence-corrected chi connectivity index (χ0v) is 15.6. The Hall–Kier alpha value is -3.32. The molecule has 6 nitrogen and oxygen atoms in total. The van der Waals surface area contributed by atoms with E-state index < -0.39 is 0 Å². The highest BCUT2D eigenvalue weighted by molar-refractivity contribution is 7.17. The predicted octanol–water partition coefficient (Wildman–Crippen LogP) is 5.63. The normalized spacial score (nSPS) is 10.9. The summed E-state index contributed by atoms with van der Waals surface area (Å²) < 4.78 is 0. The van der Waals surface area contributed by atoms with Crippen molar-refractivity contribution in [2.45, 2.75) is 13.8 Å². The fourth-order valence-corrected chi connectivity index (χ4v) is 3.84. The Balaban J connectivity index is 1.83. The van der Waals surface area contributed by atoms with Crippen molar-refractivity contribution < 1.29 is 4.92 Å². The number of aryl methyl sites for hydroxylation is 2. The number of hydrogen-bond donors (Lipinski definition) is 1. The van der Waals surface area contributed by atoms with Gasteiger partial charge in [0.1, 0.15) is 17.0 Å². The minimum Gasteiger partial charge on any atom is -0.340 e. The zero-order chi connectivity index (χ0) is 19.0. The third-order valence-electron chi connectivity index (χ3n) is 4.51. The van der Waals surface area contributed by atoms with Crippen LogP contribution in [0.3, 0.4) is 0 Å². The number of hydrogen-bond acceptors (Lipinski definition) is 6. The topological polar surface area (TPSA) is 81.0 Å². The van der Waals surface area contributed by atoms with Gasteiger partial charge in [0, 0.05) is 28.8 Å². The van der Waals surface area contributed by atoms with Gasteiger partial charge < -0.3 is 5.32 Å². The van der Waals surface area contributed by atoms with Crippen molar-refractivity contribution in [2.24, 2.45) is 0 Å². The van der Waals surface area contributed by atoms with E-state index in [1.54, 1.807) is 12.1 Å². The Morgan fingerprint density at radius 3 is 2.70 bits per heavy atom. The van der Waals surface area contributed by atoms with Crippen LogP contribution >= 0.6 is 11.3 Å². The first-order chi connectivity index (χ1) is 13.0. The molecule has 2 aromatic heterocycles. The summed E-state index contributed by atoms with van der Waals surface area (Å²) in [5, 5.41) is 17.3. The van der Waals surface area contributed by atoms with Gasteiger partial charge in [-0.3, -0.25) is 10.1 Å². The van der Waals surface area contributed by atoms with Crippen molar-refractivity contribution in [2.75, 3.05) is 5.32 Å². The van der Waals surface area contributed by atoms with Gasteiger partial charge in [0.25, 0.3) is 5.69 Å². The van der Waals surface area contributed by atoms with Crippen LogP contribution in [-0.4, -0.2) is 14.9 Å². The first-order valence-corrected chi connectivity index (χ1v) is 9.22. The molecule has 0 aliphatic heterocycles. The average molecular weight is 376 g/mol. The molecule has 4 aromatic rings. The monoisotopic (exact) mass is 376 g/mol. The maximum atomic E-state index is 11.1. The molecule has 0 atom stereocenters. The molecule has 0 saturated carbocycles. The Kier molecular flexibility index (Phi) is 4.29. The number of rotatable bonds is 4. The van der Waals surface area contributed by atoms with Gasteiger partial charge in [-0.15, -0.1) is 11.3 Å². The number of benzene rings is 2. The molecule has 0 aliphatic rings. The second kappa shape index (κ2) is 6.77. The molecule has 134 valence electrons. The molecule has 2 heterocycles. The van der Waals surface area contributed by atoms with Crippen LogP contribution in [0.1, 0.15) is 11.1 Å². The van der Waals surface area contributed by atoms with Gasteiger partial charge in [-0.05, 0) is 42.7 Å². The van der Waals surface area contributed by atoms with E-state index in [-0.39, 0.29) is 10.6 Å². The Labute approximate surface area is 159 Å². The first-order valence-electron chi connectivity index (χ1n) is 8.34. The van der Waals surface area contributed by atoms with E-state index in [2.05, 4.69) is 41.3 Å². The van der Waals surface area contributed by atoms with Crippen LogP contribution in [0, 0.1) is 24.0 Å². The zero-order valence-electron chi connectivity index (χ0n) is 14.8. The molecular formula is C20H16N4O2S. The highest BCUT2D eigenvalue weighted by atomic mass is 32.1. The van der Waals surface area contributed by atoms with Crippen LogP contribution in [0.5, 0.6) is 0 Å². The molecule has 2 aromatic carbocycles. The number of fused-ring (bicyclic) bond motifs is 1. The first kappa shape index (κ1) is 17.1. The second-order valence-corrected chi connectivity index (χ2v) is 7.14. The van der Waals surface area contributed by atoms with Gasteiger partial charge in [-0.25, -0.2) is 9.97 Å². The lowest BCUT2D eigenvalue weighted by Gasteiger charge is -2.10. The lowest BCUT2D eigenvalue weighted by atomic mass is 10.1. The molecule has 0 unspecified atom stereocenters. The Bertz CT molecular complexity index is 1170. The number of nitrogens with zero attached hydrogens (tertiary/aromatic N) is 3. The van der Waals surface area contributed by atoms with Gasteiger partial charge in [0.2, 0.25) is 0 Å². The van der Waals surface area contributed by atoms with E-state index in [4.69, 9.17) is 0 Å². The fraction of sp³-hybridized carbons (Fsp3) is 0.100. The number of aromatic nitrogens is 2. The summed E-state index contributed by atoms with van der Waals surface area (Å²) in [6.45, 7) is 4.14. The van der Waals surface area contributed by atoms with Crippen LogP contribution < -0.4 is 5.32 Å². The molecule has 0 amide bonds. The summed E-state index contributed by atoms with van der Waals surface area (Å²) in [6.07, 6.45) is 1.53. The van der Waals surface area contributed by atoms with Crippen molar-refractivity contribution >= 4 is 38.7 Å². The number of non-ortho nitro benzene ring substituents is 1. The van der Waals surface area contributed by atoms with Gasteiger partial charge in [-0.2, -0.15) is 0 Å². The highest BCUT2D eigenvalue weighted by Gasteiger charge is 2.15. The minimum atomic E-state index is -0.386. The van der Waals surface area contributed by atoms with E-state index >= 15 is 0 Å². The van der Waals surface area contributed by atoms with Crippen LogP contribution in [0.25, 0.3) is 21.3 Å². The quantitative estimate of drug-likeness (QED) is 0.369. The molecule has 0 fully saturated rings. The molecule has 0 spiro atoms. The average Bonchev–Trinajstić information content (AvgIpc) is 3.10. The summed E-state index contributed by atoms with van der Waals surface area (Å²) in [6, 6.07) is 12.8. The maximum absolute atomic E-state index is 11.1. The standard InChI is InChI=1S/C20H16N4O2S/c1-12-6-7-15(8-13(12)2)23-19-18-17(10-27-20(18)22-11-21-19)14-4-3-5-16(9-14)24(25)26/h3-11H,1-2H3,(H,21,22,23). The van der Waals surface area contributed by atoms with E-state index in [1.165, 1.54) is 34.9 Å². The SMILES string of the molecule is Cc1ccc(Nc2ncnc3scc(-c4cccc([N+](=O)[O-])c4)c23)cc1C. The molecule has 1 N–H and O–H groups in total. The second-order valence-electron chi connectivity index (χ2n) is 6.28. The lowest BCUT2D eigenvalue weighted by Crippen LogP contribution is -1.96. The van der Waals surface area contributed by atoms with E-state index in [9.17, 15) is 10.1 Å². The number of thiophene rings is 1. The van der Waals surface area contributed by atoms with Gasteiger partial charge in [0.15, 0.2) is 0 Å². The molecule has 0 saturated heterocycles. The highest BCUT2D eigenvalue weighted by Crippen LogP contribution is 2.38. The molecule has 7 heteroatoms. The van der Waals surface area contributed by atoms with Crippen molar-refractivity contribution in [3.8, 4) is 11.1 Å². The van der Waals surface area contributed by atoms with Gasteiger partial charge >= 0.3 is 0 Å². The van der Waals surface area contributed by atoms with E-state index in [0.29, 0.717) is 5.82 Å². The third kappa shape index (κ3) is 3.24. The van der Waals surface area contributed by atoms with Crippen molar-refractivity contribution in [3.05, 3.63) is 75.4 Å². The number of nitro benzene ring substituents is 1. The summed E-state index contributed by atoms with van der Waals surface area (Å²) in [7, 11) is 0. The summed E-state index contributed by atoms with van der Waals surface area (Å²) in [4.78, 5) is 20.3. The predicted molar refractivity (Wildman–Crippen MR) is 109 cm³/mol. The maximum Gasteiger partial charge on any atom is 0.270 e. The smallest absolute Gasteiger partial charge is 0.270 e. The lowest BCUT2D eigenvalue weighted by molar-refractivity contribution is -0.384. The molecule has 0 bridgehead atoms. The third-order valence-corrected chi connectivity index (χ3v) is 5.39.